The predicted octanol–water partition coefficient (Wildman–Crippen LogP) is 2.29. The molecule has 0 saturated carbocycles. The van der Waals surface area contributed by atoms with Crippen LogP contribution in [0.25, 0.3) is 22.0 Å². The standard InChI is InChI=1S/C14H11N3O/c1-9-16-13-8-11(10-4-6-15-7-5-10)2-3-12(13)14(18)17-9/h2-8H,1H3,(H,16,17,18). The number of pyridine rings is 1. The first-order valence-corrected chi connectivity index (χ1v) is 5.65. The Kier molecular flexibility index (Phi) is 2.41. The van der Waals surface area contributed by atoms with Crippen LogP contribution in [0.15, 0.2) is 47.5 Å². The number of aromatic amines is 1. The lowest BCUT2D eigenvalue weighted by molar-refractivity contribution is 1.06. The van der Waals surface area contributed by atoms with Gasteiger partial charge in [-0.25, -0.2) is 4.98 Å². The molecular formula is C14H11N3O. The number of rotatable bonds is 1. The molecule has 1 N–H and O–H groups in total. The second kappa shape index (κ2) is 4.07. The van der Waals surface area contributed by atoms with Gasteiger partial charge in [-0.1, -0.05) is 6.07 Å². The molecule has 0 saturated heterocycles. The molecule has 2 heterocycles. The lowest BCUT2D eigenvalue weighted by Gasteiger charge is -2.03. The molecule has 88 valence electrons. The Morgan fingerprint density at radius 1 is 1.06 bits per heavy atom. The Labute approximate surface area is 103 Å². The Morgan fingerprint density at radius 2 is 1.83 bits per heavy atom. The maximum Gasteiger partial charge on any atom is 0.258 e. The molecule has 3 rings (SSSR count). The Balaban J connectivity index is 2.26. The molecule has 3 aromatic rings. The first-order valence-electron chi connectivity index (χ1n) is 5.65. The third-order valence-electron chi connectivity index (χ3n) is 2.84. The van der Waals surface area contributed by atoms with E-state index in [1.165, 1.54) is 0 Å². The summed E-state index contributed by atoms with van der Waals surface area (Å²) < 4.78 is 0. The fourth-order valence-electron chi connectivity index (χ4n) is 1.98. The zero-order valence-electron chi connectivity index (χ0n) is 9.84. The van der Waals surface area contributed by atoms with Crippen molar-refractivity contribution in [3.63, 3.8) is 0 Å². The molecule has 0 radical (unpaired) electrons. The van der Waals surface area contributed by atoms with Gasteiger partial charge in [0.05, 0.1) is 10.9 Å². The summed E-state index contributed by atoms with van der Waals surface area (Å²) in [7, 11) is 0. The molecule has 4 heteroatoms. The molecule has 0 aliphatic heterocycles. The molecule has 0 aliphatic carbocycles. The molecule has 4 nitrogen and oxygen atoms in total. The highest BCUT2D eigenvalue weighted by molar-refractivity contribution is 5.83. The summed E-state index contributed by atoms with van der Waals surface area (Å²) in [5.74, 6) is 0.624. The molecule has 18 heavy (non-hydrogen) atoms. The van der Waals surface area contributed by atoms with Crippen molar-refractivity contribution in [1.82, 2.24) is 15.0 Å². The van der Waals surface area contributed by atoms with Crippen molar-refractivity contribution >= 4 is 10.9 Å². The van der Waals surface area contributed by atoms with Crippen molar-refractivity contribution in [1.29, 1.82) is 0 Å². The first-order chi connectivity index (χ1) is 8.74. The number of aromatic nitrogens is 3. The minimum Gasteiger partial charge on any atom is -0.310 e. The van der Waals surface area contributed by atoms with Crippen LogP contribution in [0.4, 0.5) is 0 Å². The number of benzene rings is 1. The maximum absolute atomic E-state index is 11.7. The molecule has 0 unspecified atom stereocenters. The van der Waals surface area contributed by atoms with Crippen LogP contribution < -0.4 is 5.56 Å². The van der Waals surface area contributed by atoms with Gasteiger partial charge in [0.2, 0.25) is 0 Å². The van der Waals surface area contributed by atoms with Crippen molar-refractivity contribution in [2.75, 3.05) is 0 Å². The van der Waals surface area contributed by atoms with Gasteiger partial charge in [0, 0.05) is 12.4 Å². The van der Waals surface area contributed by atoms with E-state index in [1.54, 1.807) is 25.4 Å². The van der Waals surface area contributed by atoms with Gasteiger partial charge in [-0.15, -0.1) is 0 Å². The molecule has 0 bridgehead atoms. The van der Waals surface area contributed by atoms with Crippen LogP contribution in [0.1, 0.15) is 5.82 Å². The van der Waals surface area contributed by atoms with Crippen LogP contribution in [0.3, 0.4) is 0 Å². The fraction of sp³-hybridized carbons (Fsp3) is 0.0714. The highest BCUT2D eigenvalue weighted by Crippen LogP contribution is 2.21. The van der Waals surface area contributed by atoms with Crippen molar-refractivity contribution in [2.24, 2.45) is 0 Å². The minimum absolute atomic E-state index is 0.0984. The zero-order chi connectivity index (χ0) is 12.5. The highest BCUT2D eigenvalue weighted by Gasteiger charge is 2.04. The van der Waals surface area contributed by atoms with E-state index in [0.717, 1.165) is 11.1 Å². The fourth-order valence-corrected chi connectivity index (χ4v) is 1.98. The first kappa shape index (κ1) is 10.7. The van der Waals surface area contributed by atoms with Crippen molar-refractivity contribution < 1.29 is 0 Å². The average molecular weight is 237 g/mol. The predicted molar refractivity (Wildman–Crippen MR) is 70.3 cm³/mol. The average Bonchev–Trinajstić information content (AvgIpc) is 2.39. The van der Waals surface area contributed by atoms with Crippen LogP contribution >= 0.6 is 0 Å². The van der Waals surface area contributed by atoms with Gasteiger partial charge in [0.15, 0.2) is 0 Å². The Morgan fingerprint density at radius 3 is 2.61 bits per heavy atom. The van der Waals surface area contributed by atoms with Crippen LogP contribution in [-0.4, -0.2) is 15.0 Å². The molecule has 1 aromatic carbocycles. The summed E-state index contributed by atoms with van der Waals surface area (Å²) in [6.07, 6.45) is 3.49. The number of aryl methyl sites for hydroxylation is 1. The van der Waals surface area contributed by atoms with Gasteiger partial charge in [-0.05, 0) is 42.3 Å². The van der Waals surface area contributed by atoms with Gasteiger partial charge >= 0.3 is 0 Å². The third kappa shape index (κ3) is 1.78. The molecule has 0 aliphatic rings. The molecular weight excluding hydrogens is 226 g/mol. The summed E-state index contributed by atoms with van der Waals surface area (Å²) in [6.45, 7) is 1.78. The van der Waals surface area contributed by atoms with E-state index in [4.69, 9.17) is 0 Å². The maximum atomic E-state index is 11.7. The molecule has 0 fully saturated rings. The van der Waals surface area contributed by atoms with Crippen LogP contribution in [0.2, 0.25) is 0 Å². The van der Waals surface area contributed by atoms with Crippen molar-refractivity contribution in [2.45, 2.75) is 6.92 Å². The third-order valence-corrected chi connectivity index (χ3v) is 2.84. The van der Waals surface area contributed by atoms with E-state index in [-0.39, 0.29) is 5.56 Å². The normalized spacial score (nSPS) is 10.7. The van der Waals surface area contributed by atoms with E-state index in [9.17, 15) is 4.79 Å². The second-order valence-corrected chi connectivity index (χ2v) is 4.12. The van der Waals surface area contributed by atoms with Gasteiger partial charge in [0.25, 0.3) is 5.56 Å². The number of fused-ring (bicyclic) bond motifs is 1. The van der Waals surface area contributed by atoms with Gasteiger partial charge < -0.3 is 4.98 Å². The molecule has 2 aromatic heterocycles. The monoisotopic (exact) mass is 237 g/mol. The van der Waals surface area contributed by atoms with Crippen LogP contribution in [0, 0.1) is 6.92 Å². The highest BCUT2D eigenvalue weighted by atomic mass is 16.1. The topological polar surface area (TPSA) is 58.6 Å². The second-order valence-electron chi connectivity index (χ2n) is 4.12. The van der Waals surface area contributed by atoms with E-state index < -0.39 is 0 Å². The zero-order valence-corrected chi connectivity index (χ0v) is 9.84. The number of hydrogen-bond acceptors (Lipinski definition) is 3. The lowest BCUT2D eigenvalue weighted by Crippen LogP contribution is -2.09. The number of H-pyrrole nitrogens is 1. The summed E-state index contributed by atoms with van der Waals surface area (Å²) >= 11 is 0. The van der Waals surface area contributed by atoms with E-state index in [1.807, 2.05) is 24.3 Å². The molecule has 0 atom stereocenters. The Hall–Kier alpha value is -2.49. The smallest absolute Gasteiger partial charge is 0.258 e. The van der Waals surface area contributed by atoms with Crippen molar-refractivity contribution in [3.8, 4) is 11.1 Å². The van der Waals surface area contributed by atoms with Gasteiger partial charge in [-0.3, -0.25) is 9.78 Å². The van der Waals surface area contributed by atoms with Crippen molar-refractivity contribution in [3.05, 3.63) is 58.9 Å². The summed E-state index contributed by atoms with van der Waals surface area (Å²) in [5.41, 5.74) is 2.71. The summed E-state index contributed by atoms with van der Waals surface area (Å²) in [4.78, 5) is 22.8. The molecule has 0 amide bonds. The number of hydrogen-bond donors (Lipinski definition) is 1. The van der Waals surface area contributed by atoms with E-state index >= 15 is 0 Å². The van der Waals surface area contributed by atoms with Gasteiger partial charge in [0.1, 0.15) is 5.82 Å². The number of nitrogens with zero attached hydrogens (tertiary/aromatic N) is 2. The quantitative estimate of drug-likeness (QED) is 0.706. The SMILES string of the molecule is Cc1nc2cc(-c3ccncc3)ccc2c(=O)[nH]1. The minimum atomic E-state index is -0.0984. The number of nitrogens with one attached hydrogen (secondary N) is 1. The van der Waals surface area contributed by atoms with Crippen LogP contribution in [-0.2, 0) is 0 Å². The summed E-state index contributed by atoms with van der Waals surface area (Å²) in [5, 5.41) is 0.610. The Bertz CT molecular complexity index is 763. The molecule has 0 spiro atoms. The largest absolute Gasteiger partial charge is 0.310 e. The summed E-state index contributed by atoms with van der Waals surface area (Å²) in [6, 6.07) is 9.51. The van der Waals surface area contributed by atoms with E-state index in [2.05, 4.69) is 15.0 Å². The van der Waals surface area contributed by atoms with E-state index in [0.29, 0.717) is 16.7 Å². The van der Waals surface area contributed by atoms with Gasteiger partial charge in [-0.2, -0.15) is 0 Å². The van der Waals surface area contributed by atoms with Crippen LogP contribution in [0.5, 0.6) is 0 Å². The lowest BCUT2D eigenvalue weighted by atomic mass is 10.1.